The van der Waals surface area contributed by atoms with Gasteiger partial charge < -0.3 is 0 Å². The normalized spacial score (nSPS) is 12.3. The Labute approximate surface area is 93.6 Å². The van der Waals surface area contributed by atoms with Crippen molar-refractivity contribution in [1.29, 1.82) is 0 Å². The van der Waals surface area contributed by atoms with Crippen LogP contribution in [0.2, 0.25) is 0 Å². The second-order valence-electron chi connectivity index (χ2n) is 2.48. The summed E-state index contributed by atoms with van der Waals surface area (Å²) in [6, 6.07) is 0. The molecule has 0 aromatic carbocycles. The summed E-state index contributed by atoms with van der Waals surface area (Å²) in [4.78, 5) is 2.75. The predicted octanol–water partition coefficient (Wildman–Crippen LogP) is 3.78. The first-order valence-electron chi connectivity index (χ1n) is 3.44. The molecule has 1 aromatic heterocycles. The lowest BCUT2D eigenvalue weighted by molar-refractivity contribution is -0.142. The minimum absolute atomic E-state index is 0.145. The third-order valence-electron chi connectivity index (χ3n) is 1.50. The van der Waals surface area contributed by atoms with E-state index in [2.05, 4.69) is 4.98 Å². The predicted molar refractivity (Wildman–Crippen MR) is 46.9 cm³/mol. The molecule has 84 valence electrons. The van der Waals surface area contributed by atoms with Crippen LogP contribution in [0.5, 0.6) is 0 Å². The Bertz CT molecular complexity index is 374. The van der Waals surface area contributed by atoms with Crippen molar-refractivity contribution in [3.8, 4) is 0 Å². The van der Waals surface area contributed by atoms with Gasteiger partial charge in [0.15, 0.2) is 11.5 Å². The van der Waals surface area contributed by atoms with Crippen molar-refractivity contribution >= 4 is 22.6 Å². The topological polar surface area (TPSA) is 12.9 Å². The van der Waals surface area contributed by atoms with E-state index in [1.54, 1.807) is 0 Å². The molecule has 0 N–H and O–H groups in total. The van der Waals surface area contributed by atoms with E-state index in [4.69, 9.17) is 0 Å². The van der Waals surface area contributed by atoms with Crippen LogP contribution < -0.4 is 0 Å². The van der Waals surface area contributed by atoms with Gasteiger partial charge in [0.25, 0.3) is 6.43 Å². The van der Waals surface area contributed by atoms with Crippen LogP contribution in [0, 0.1) is 9.39 Å². The van der Waals surface area contributed by atoms with E-state index >= 15 is 0 Å². The first-order valence-corrected chi connectivity index (χ1v) is 4.52. The number of alkyl halides is 5. The lowest BCUT2D eigenvalue weighted by Crippen LogP contribution is -2.13. The van der Waals surface area contributed by atoms with Crippen molar-refractivity contribution in [2.24, 2.45) is 0 Å². The number of nitrogens with zero attached hydrogens (tertiary/aromatic N) is 1. The van der Waals surface area contributed by atoms with Gasteiger partial charge in [-0.1, -0.05) is 0 Å². The SMILES string of the molecule is Fc1cnc(C(F)(F)F)c(I)c1C(F)F. The molecule has 0 amide bonds. The molecule has 0 unspecified atom stereocenters. The first kappa shape index (κ1) is 12.5. The van der Waals surface area contributed by atoms with Crippen molar-refractivity contribution in [1.82, 2.24) is 4.98 Å². The van der Waals surface area contributed by atoms with Gasteiger partial charge in [-0.25, -0.2) is 18.2 Å². The molecule has 0 atom stereocenters. The maximum absolute atomic E-state index is 12.8. The summed E-state index contributed by atoms with van der Waals surface area (Å²) in [5.41, 5.74) is -2.77. The van der Waals surface area contributed by atoms with Gasteiger partial charge in [0.05, 0.1) is 15.3 Å². The summed E-state index contributed by atoms with van der Waals surface area (Å²) >= 11 is 1.00. The van der Waals surface area contributed by atoms with Gasteiger partial charge in [-0.3, -0.25) is 0 Å². The molecule has 8 heteroatoms. The Morgan fingerprint density at radius 2 is 1.80 bits per heavy atom. The second kappa shape index (κ2) is 4.14. The Morgan fingerprint density at radius 3 is 2.20 bits per heavy atom. The van der Waals surface area contributed by atoms with Crippen molar-refractivity contribution in [3.05, 3.63) is 26.8 Å². The highest BCUT2D eigenvalue weighted by Gasteiger charge is 2.37. The van der Waals surface area contributed by atoms with Gasteiger partial charge in [-0.2, -0.15) is 13.2 Å². The monoisotopic (exact) mass is 341 g/mol. The van der Waals surface area contributed by atoms with Crippen LogP contribution >= 0.6 is 22.6 Å². The first-order chi connectivity index (χ1) is 6.75. The molecule has 1 rings (SSSR count). The minimum atomic E-state index is -4.87. The van der Waals surface area contributed by atoms with Crippen LogP contribution in [0.25, 0.3) is 0 Å². The number of hydrogen-bond acceptors (Lipinski definition) is 1. The highest BCUT2D eigenvalue weighted by molar-refractivity contribution is 14.1. The van der Waals surface area contributed by atoms with Crippen LogP contribution in [0.3, 0.4) is 0 Å². The molecule has 1 heterocycles. The Kier molecular flexibility index (Phi) is 3.46. The second-order valence-corrected chi connectivity index (χ2v) is 3.56. The molecule has 1 nitrogen and oxygen atoms in total. The van der Waals surface area contributed by atoms with Crippen LogP contribution in [0.15, 0.2) is 6.20 Å². The fraction of sp³-hybridized carbons (Fsp3) is 0.286. The Hall–Kier alpha value is -0.540. The Balaban J connectivity index is 3.42. The zero-order valence-corrected chi connectivity index (χ0v) is 8.91. The highest BCUT2D eigenvalue weighted by atomic mass is 127. The molecule has 0 aliphatic heterocycles. The fourth-order valence-corrected chi connectivity index (χ4v) is 1.82. The van der Waals surface area contributed by atoms with Crippen molar-refractivity contribution in [2.45, 2.75) is 12.6 Å². The van der Waals surface area contributed by atoms with Crippen molar-refractivity contribution in [2.75, 3.05) is 0 Å². The van der Waals surface area contributed by atoms with E-state index in [9.17, 15) is 26.3 Å². The number of aromatic nitrogens is 1. The molecule has 0 radical (unpaired) electrons. The average molecular weight is 341 g/mol. The van der Waals surface area contributed by atoms with Gasteiger partial charge in [-0.05, 0) is 22.6 Å². The standard InChI is InChI=1S/C7H2F6IN/c8-2-1-15-5(7(11,12)13)4(14)3(2)6(9)10/h1,6H. The average Bonchev–Trinajstić information content (AvgIpc) is 2.00. The third kappa shape index (κ3) is 2.52. The van der Waals surface area contributed by atoms with Gasteiger partial charge in [0.1, 0.15) is 0 Å². The summed E-state index contributed by atoms with van der Waals surface area (Å²) in [5, 5.41) is 0. The molecular formula is C7H2F6IN. The molecule has 15 heavy (non-hydrogen) atoms. The van der Waals surface area contributed by atoms with E-state index in [0.29, 0.717) is 0 Å². The van der Waals surface area contributed by atoms with Crippen LogP contribution in [-0.2, 0) is 6.18 Å². The van der Waals surface area contributed by atoms with Crippen LogP contribution in [0.4, 0.5) is 26.3 Å². The lowest BCUT2D eigenvalue weighted by Gasteiger charge is -2.11. The molecule has 0 fully saturated rings. The van der Waals surface area contributed by atoms with Gasteiger partial charge in [-0.15, -0.1) is 0 Å². The van der Waals surface area contributed by atoms with E-state index < -0.39 is 33.2 Å². The third-order valence-corrected chi connectivity index (χ3v) is 2.59. The Morgan fingerprint density at radius 1 is 1.27 bits per heavy atom. The summed E-state index contributed by atoms with van der Waals surface area (Å²) < 4.78 is 72.8. The maximum atomic E-state index is 12.8. The molecule has 0 saturated carbocycles. The largest absolute Gasteiger partial charge is 0.434 e. The van der Waals surface area contributed by atoms with E-state index in [1.807, 2.05) is 0 Å². The molecule has 0 aliphatic rings. The zero-order valence-electron chi connectivity index (χ0n) is 6.75. The maximum Gasteiger partial charge on any atom is 0.434 e. The highest BCUT2D eigenvalue weighted by Crippen LogP contribution is 2.36. The van der Waals surface area contributed by atoms with E-state index in [-0.39, 0.29) is 6.20 Å². The number of pyridine rings is 1. The molecule has 0 aliphatic carbocycles. The quantitative estimate of drug-likeness (QED) is 0.560. The van der Waals surface area contributed by atoms with Crippen molar-refractivity contribution < 1.29 is 26.3 Å². The number of hydrogen-bond donors (Lipinski definition) is 0. The number of halogens is 7. The molecular weight excluding hydrogens is 339 g/mol. The molecule has 0 bridgehead atoms. The van der Waals surface area contributed by atoms with E-state index in [1.165, 1.54) is 0 Å². The molecule has 0 saturated heterocycles. The van der Waals surface area contributed by atoms with Crippen LogP contribution in [0.1, 0.15) is 17.7 Å². The summed E-state index contributed by atoms with van der Waals surface area (Å²) in [6.07, 6.45) is -8.03. The van der Waals surface area contributed by atoms with Gasteiger partial charge in [0, 0.05) is 0 Å². The minimum Gasteiger partial charge on any atom is -0.248 e. The van der Waals surface area contributed by atoms with Gasteiger partial charge in [0.2, 0.25) is 0 Å². The summed E-state index contributed by atoms with van der Waals surface area (Å²) in [6.45, 7) is 0. The molecule has 0 spiro atoms. The fourth-order valence-electron chi connectivity index (χ4n) is 0.877. The van der Waals surface area contributed by atoms with Crippen LogP contribution in [-0.4, -0.2) is 4.98 Å². The summed E-state index contributed by atoms with van der Waals surface area (Å²) in [5.74, 6) is -1.44. The van der Waals surface area contributed by atoms with Crippen molar-refractivity contribution in [3.63, 3.8) is 0 Å². The zero-order chi connectivity index (χ0) is 11.8. The lowest BCUT2D eigenvalue weighted by atomic mass is 10.2. The van der Waals surface area contributed by atoms with E-state index in [0.717, 1.165) is 22.6 Å². The number of rotatable bonds is 1. The summed E-state index contributed by atoms with van der Waals surface area (Å²) in [7, 11) is 0. The van der Waals surface area contributed by atoms with Gasteiger partial charge >= 0.3 is 6.18 Å². The smallest absolute Gasteiger partial charge is 0.248 e. The molecule has 1 aromatic rings.